The molecule has 4 heteroatoms. The van der Waals surface area contributed by atoms with Crippen molar-refractivity contribution in [1.29, 1.82) is 0 Å². The van der Waals surface area contributed by atoms with E-state index in [0.717, 1.165) is 6.54 Å². The molecule has 0 fully saturated rings. The Labute approximate surface area is 103 Å². The number of carbonyl (C=O) groups excluding carboxylic acids is 1. The minimum atomic E-state index is -0.866. The van der Waals surface area contributed by atoms with E-state index in [4.69, 9.17) is 0 Å². The predicted molar refractivity (Wildman–Crippen MR) is 68.0 cm³/mol. The lowest BCUT2D eigenvalue weighted by Crippen LogP contribution is -2.42. The lowest BCUT2D eigenvalue weighted by molar-refractivity contribution is 0.0309. The molecule has 0 bridgehead atoms. The number of hydrogen-bond acceptors (Lipinski definition) is 2. The Bertz CT molecular complexity index is 377. The van der Waals surface area contributed by atoms with Gasteiger partial charge < -0.3 is 14.6 Å². The molecule has 0 spiro atoms. The number of amides is 1. The lowest BCUT2D eigenvalue weighted by atomic mass is 10.1. The van der Waals surface area contributed by atoms with Crippen molar-refractivity contribution in [3.63, 3.8) is 0 Å². The average molecular weight is 238 g/mol. The summed E-state index contributed by atoms with van der Waals surface area (Å²) in [6.07, 6.45) is 1.89. The molecule has 1 N–H and O–H groups in total. The summed E-state index contributed by atoms with van der Waals surface area (Å²) < 4.78 is 1.91. The van der Waals surface area contributed by atoms with Gasteiger partial charge in [-0.2, -0.15) is 0 Å². The van der Waals surface area contributed by atoms with E-state index >= 15 is 0 Å². The Kier molecular flexibility index (Phi) is 4.34. The van der Waals surface area contributed by atoms with Crippen molar-refractivity contribution in [2.45, 2.75) is 39.8 Å². The molecule has 1 aromatic rings. The molecule has 0 aliphatic heterocycles. The molecule has 96 valence electrons. The van der Waals surface area contributed by atoms with Crippen LogP contribution >= 0.6 is 0 Å². The minimum Gasteiger partial charge on any atom is -0.389 e. The molecule has 0 aliphatic carbocycles. The van der Waals surface area contributed by atoms with Crippen LogP contribution < -0.4 is 0 Å². The van der Waals surface area contributed by atoms with E-state index in [2.05, 4.69) is 0 Å². The highest BCUT2D eigenvalue weighted by atomic mass is 16.3. The third-order valence-corrected chi connectivity index (χ3v) is 2.64. The summed E-state index contributed by atoms with van der Waals surface area (Å²) in [5, 5.41) is 9.79. The summed E-state index contributed by atoms with van der Waals surface area (Å²) in [6.45, 7) is 9.05. The maximum atomic E-state index is 12.3. The van der Waals surface area contributed by atoms with Crippen LogP contribution in [-0.2, 0) is 6.54 Å². The number of nitrogens with zero attached hydrogens (tertiary/aromatic N) is 2. The van der Waals surface area contributed by atoms with Gasteiger partial charge in [0.15, 0.2) is 0 Å². The van der Waals surface area contributed by atoms with Gasteiger partial charge >= 0.3 is 0 Å². The average Bonchev–Trinajstić information content (AvgIpc) is 2.71. The van der Waals surface area contributed by atoms with Gasteiger partial charge in [-0.15, -0.1) is 0 Å². The van der Waals surface area contributed by atoms with E-state index in [-0.39, 0.29) is 5.91 Å². The standard InChI is InChI=1S/C13H22N2O2/c1-5-14-9-7-8-11(14)12(16)15(6-2)10-13(3,4)17/h7-9,17H,5-6,10H2,1-4H3. The first-order valence-corrected chi connectivity index (χ1v) is 6.05. The molecule has 17 heavy (non-hydrogen) atoms. The van der Waals surface area contributed by atoms with Gasteiger partial charge in [0.05, 0.1) is 5.60 Å². The Morgan fingerprint density at radius 2 is 2.12 bits per heavy atom. The molecular weight excluding hydrogens is 216 g/mol. The molecule has 0 atom stereocenters. The zero-order valence-corrected chi connectivity index (χ0v) is 11.1. The molecule has 4 nitrogen and oxygen atoms in total. The first-order valence-electron chi connectivity index (χ1n) is 6.05. The fraction of sp³-hybridized carbons (Fsp3) is 0.615. The monoisotopic (exact) mass is 238 g/mol. The molecule has 1 amide bonds. The van der Waals surface area contributed by atoms with E-state index in [1.807, 2.05) is 36.7 Å². The third-order valence-electron chi connectivity index (χ3n) is 2.64. The number of aromatic nitrogens is 1. The van der Waals surface area contributed by atoms with Gasteiger partial charge in [0.2, 0.25) is 0 Å². The van der Waals surface area contributed by atoms with Crippen molar-refractivity contribution in [2.75, 3.05) is 13.1 Å². The van der Waals surface area contributed by atoms with Gasteiger partial charge in [-0.1, -0.05) is 0 Å². The van der Waals surface area contributed by atoms with E-state index in [9.17, 15) is 9.90 Å². The van der Waals surface area contributed by atoms with Crippen LogP contribution in [0.25, 0.3) is 0 Å². The Morgan fingerprint density at radius 1 is 1.47 bits per heavy atom. The first kappa shape index (κ1) is 13.8. The summed E-state index contributed by atoms with van der Waals surface area (Å²) in [5.74, 6) is -0.0264. The van der Waals surface area contributed by atoms with Crippen LogP contribution in [-0.4, -0.2) is 39.2 Å². The van der Waals surface area contributed by atoms with E-state index in [1.54, 1.807) is 18.7 Å². The Balaban J connectivity index is 2.87. The molecule has 0 saturated carbocycles. The van der Waals surface area contributed by atoms with Gasteiger partial charge in [0, 0.05) is 25.8 Å². The topological polar surface area (TPSA) is 45.5 Å². The largest absolute Gasteiger partial charge is 0.389 e. The second kappa shape index (κ2) is 5.36. The van der Waals surface area contributed by atoms with Crippen LogP contribution in [0.3, 0.4) is 0 Å². The molecule has 1 aromatic heterocycles. The second-order valence-electron chi connectivity index (χ2n) is 4.81. The van der Waals surface area contributed by atoms with E-state index < -0.39 is 5.60 Å². The van der Waals surface area contributed by atoms with Crippen LogP contribution in [0, 0.1) is 0 Å². The second-order valence-corrected chi connectivity index (χ2v) is 4.81. The zero-order chi connectivity index (χ0) is 13.1. The molecule has 0 aliphatic rings. The fourth-order valence-corrected chi connectivity index (χ4v) is 1.84. The highest BCUT2D eigenvalue weighted by molar-refractivity contribution is 5.92. The van der Waals surface area contributed by atoms with Crippen molar-refractivity contribution in [2.24, 2.45) is 0 Å². The highest BCUT2D eigenvalue weighted by Gasteiger charge is 2.23. The molecule has 0 radical (unpaired) electrons. The normalized spacial score (nSPS) is 11.6. The smallest absolute Gasteiger partial charge is 0.270 e. The number of aliphatic hydroxyl groups is 1. The Hall–Kier alpha value is -1.29. The summed E-state index contributed by atoms with van der Waals surface area (Å²) in [4.78, 5) is 14.0. The highest BCUT2D eigenvalue weighted by Crippen LogP contribution is 2.11. The molecule has 0 saturated heterocycles. The van der Waals surface area contributed by atoms with Gasteiger partial charge in [0.1, 0.15) is 5.69 Å². The van der Waals surface area contributed by atoms with Crippen molar-refractivity contribution in [1.82, 2.24) is 9.47 Å². The summed E-state index contributed by atoms with van der Waals surface area (Å²) in [6, 6.07) is 3.69. The molecule has 1 heterocycles. The van der Waals surface area contributed by atoms with Crippen LogP contribution in [0.1, 0.15) is 38.2 Å². The zero-order valence-electron chi connectivity index (χ0n) is 11.1. The summed E-state index contributed by atoms with van der Waals surface area (Å²) in [5.41, 5.74) is -0.187. The minimum absolute atomic E-state index is 0.0264. The maximum absolute atomic E-state index is 12.3. The molecule has 0 unspecified atom stereocenters. The number of hydrogen-bond donors (Lipinski definition) is 1. The molecule has 1 rings (SSSR count). The number of likely N-dealkylation sites (N-methyl/N-ethyl adjacent to an activating group) is 1. The van der Waals surface area contributed by atoms with Gasteiger partial charge in [-0.3, -0.25) is 4.79 Å². The van der Waals surface area contributed by atoms with Crippen molar-refractivity contribution in [3.8, 4) is 0 Å². The van der Waals surface area contributed by atoms with Crippen molar-refractivity contribution >= 4 is 5.91 Å². The predicted octanol–water partition coefficient (Wildman–Crippen LogP) is 1.74. The summed E-state index contributed by atoms with van der Waals surface area (Å²) in [7, 11) is 0. The quantitative estimate of drug-likeness (QED) is 0.849. The van der Waals surface area contributed by atoms with Gasteiger partial charge in [-0.25, -0.2) is 0 Å². The molecular formula is C13H22N2O2. The number of aryl methyl sites for hydroxylation is 1. The lowest BCUT2D eigenvalue weighted by Gasteiger charge is -2.28. The molecule has 0 aromatic carbocycles. The third kappa shape index (κ3) is 3.60. The summed E-state index contributed by atoms with van der Waals surface area (Å²) >= 11 is 0. The Morgan fingerprint density at radius 3 is 2.59 bits per heavy atom. The van der Waals surface area contributed by atoms with Crippen molar-refractivity contribution in [3.05, 3.63) is 24.0 Å². The van der Waals surface area contributed by atoms with Crippen LogP contribution in [0.2, 0.25) is 0 Å². The SMILES string of the molecule is CCN(CC(C)(C)O)C(=O)c1cccn1CC. The van der Waals surface area contributed by atoms with E-state index in [1.165, 1.54) is 0 Å². The number of carbonyl (C=O) groups is 1. The van der Waals surface area contributed by atoms with Crippen LogP contribution in [0.4, 0.5) is 0 Å². The number of rotatable bonds is 5. The fourth-order valence-electron chi connectivity index (χ4n) is 1.84. The van der Waals surface area contributed by atoms with Crippen molar-refractivity contribution < 1.29 is 9.90 Å². The van der Waals surface area contributed by atoms with Crippen LogP contribution in [0.5, 0.6) is 0 Å². The maximum Gasteiger partial charge on any atom is 0.270 e. The van der Waals surface area contributed by atoms with Gasteiger partial charge in [0.25, 0.3) is 5.91 Å². The van der Waals surface area contributed by atoms with E-state index in [0.29, 0.717) is 18.8 Å². The van der Waals surface area contributed by atoms with Gasteiger partial charge in [-0.05, 0) is 39.8 Å². The van der Waals surface area contributed by atoms with Crippen LogP contribution in [0.15, 0.2) is 18.3 Å². The first-order chi connectivity index (χ1) is 7.89.